The molecule has 18 aromatic carbocycles. The molecule has 0 saturated heterocycles. The Labute approximate surface area is 694 Å². The van der Waals surface area contributed by atoms with Gasteiger partial charge < -0.3 is 4.42 Å². The summed E-state index contributed by atoms with van der Waals surface area (Å²) in [5.74, 6) is 0. The number of halogens is 3. The van der Waals surface area contributed by atoms with Crippen molar-refractivity contribution in [1.29, 1.82) is 0 Å². The first kappa shape index (κ1) is 68.9. The zero-order chi connectivity index (χ0) is 77.1. The van der Waals surface area contributed by atoms with Gasteiger partial charge in [-0.1, -0.05) is 314 Å². The molecule has 0 bridgehead atoms. The molecule has 6 heteroatoms. The van der Waals surface area contributed by atoms with Crippen LogP contribution in [-0.4, -0.2) is 0 Å². The fourth-order valence-corrected chi connectivity index (χ4v) is 23.0. The Morgan fingerprint density at radius 1 is 0.233 bits per heavy atom. The van der Waals surface area contributed by atoms with Crippen LogP contribution in [-0.2, 0) is 16.2 Å². The highest BCUT2D eigenvalue weighted by molar-refractivity contribution is 7.26. The van der Waals surface area contributed by atoms with Crippen molar-refractivity contribution in [3.63, 3.8) is 0 Å². The summed E-state index contributed by atoms with van der Waals surface area (Å²) in [5.41, 5.74) is 32.2. The molecule has 546 valence electrons. The molecule has 1 nitrogen and oxygen atoms in total. The summed E-state index contributed by atoms with van der Waals surface area (Å²) >= 11 is 23.9. The van der Waals surface area contributed by atoms with Gasteiger partial charge >= 0.3 is 0 Å². The maximum Gasteiger partial charge on any atom is 0.135 e. The van der Waals surface area contributed by atoms with E-state index in [9.17, 15) is 0 Å². The molecule has 0 aliphatic heterocycles. The molecule has 0 radical (unpaired) electrons. The first-order valence-corrected chi connectivity index (χ1v) is 42.2. The summed E-state index contributed by atoms with van der Waals surface area (Å²) < 4.78 is 11.4. The number of para-hydroxylation sites is 1. The molecule has 1 spiro atoms. The fraction of sp³-hybridized carbons (Fsp3) is 0.0364. The number of fused-ring (bicyclic) bond motifs is 26. The second kappa shape index (κ2) is 26.7. The van der Waals surface area contributed by atoms with Crippen LogP contribution in [0.4, 0.5) is 0 Å². The van der Waals surface area contributed by atoms with Gasteiger partial charge in [0.25, 0.3) is 0 Å². The zero-order valence-electron chi connectivity index (χ0n) is 62.8. The van der Waals surface area contributed by atoms with E-state index in [0.29, 0.717) is 0 Å². The van der Waals surface area contributed by atoms with E-state index >= 15 is 0 Å². The van der Waals surface area contributed by atoms with Crippen molar-refractivity contribution in [3.05, 3.63) is 465 Å². The summed E-state index contributed by atoms with van der Waals surface area (Å²) in [7, 11) is 0. The smallest absolute Gasteiger partial charge is 0.135 e. The zero-order valence-corrected chi connectivity index (χ0v) is 66.7. The summed E-state index contributed by atoms with van der Waals surface area (Å²) in [6.45, 7) is 2.35. The number of hydrogen-bond acceptors (Lipinski definition) is 3. The van der Waals surface area contributed by atoms with Gasteiger partial charge in [0.15, 0.2) is 0 Å². The van der Waals surface area contributed by atoms with Crippen LogP contribution in [0.1, 0.15) is 68.1 Å². The SMILES string of the molecule is CC1(c2ccc3ccccc3c2)c2ccc(-c3ccc4sc5ccccc5c4c3)cc2-c2c(Cl)cccc21.Clc1ccc2c(c1)-c1cc(-c3ccc4oc5ccccc5c4c3)ccc1C21c2ccccc2-c2ccccc21.Clc1ccc2c(c1)-c1cc(-c3ccc4sc5ccccc5c4c3)ccc1C2(c1ccccc1)c1ccccc1. The van der Waals surface area contributed by atoms with Crippen molar-refractivity contribution >= 4 is 131 Å². The van der Waals surface area contributed by atoms with Crippen molar-refractivity contribution < 1.29 is 4.42 Å². The number of hydrogen-bond donors (Lipinski definition) is 0. The van der Waals surface area contributed by atoms with Crippen molar-refractivity contribution in [3.8, 4) is 77.9 Å². The van der Waals surface area contributed by atoms with Crippen LogP contribution in [0.3, 0.4) is 0 Å². The van der Waals surface area contributed by atoms with Crippen molar-refractivity contribution in [2.45, 2.75) is 23.2 Å². The summed E-state index contributed by atoms with van der Waals surface area (Å²) in [6.07, 6.45) is 0. The van der Waals surface area contributed by atoms with E-state index in [-0.39, 0.29) is 10.8 Å². The minimum absolute atomic E-state index is 0.286. The van der Waals surface area contributed by atoms with Crippen molar-refractivity contribution in [2.24, 2.45) is 0 Å². The molecule has 116 heavy (non-hydrogen) atoms. The second-order valence-corrected chi connectivity index (χ2v) is 34.7. The maximum absolute atomic E-state index is 6.94. The molecule has 0 fully saturated rings. The van der Waals surface area contributed by atoms with Gasteiger partial charge in [0.05, 0.1) is 10.8 Å². The van der Waals surface area contributed by atoms with Gasteiger partial charge in [-0.2, -0.15) is 0 Å². The topological polar surface area (TPSA) is 13.1 Å². The average molecular weight is 1580 g/mol. The monoisotopic (exact) mass is 1570 g/mol. The van der Waals surface area contributed by atoms with E-state index in [0.717, 1.165) is 42.6 Å². The highest BCUT2D eigenvalue weighted by atomic mass is 35.5. The molecule has 3 aromatic heterocycles. The number of furan rings is 1. The molecular weight excluding hydrogens is 1510 g/mol. The Morgan fingerprint density at radius 2 is 0.638 bits per heavy atom. The lowest BCUT2D eigenvalue weighted by Gasteiger charge is -2.34. The summed E-state index contributed by atoms with van der Waals surface area (Å²) in [4.78, 5) is 0. The first-order chi connectivity index (χ1) is 57.1. The third-order valence-electron chi connectivity index (χ3n) is 25.4. The van der Waals surface area contributed by atoms with Gasteiger partial charge in [0, 0.05) is 77.2 Å². The standard InChI is InChI=1S/C37H21ClO.C37H23ClS.C36H23ClS/c38-24-15-17-34-29(21-24)28-19-22(23-14-18-36-30(20-23)27-9-3-6-12-35(27)39-36)13-16-33(28)37(34)31-10-4-1-7-25(31)26-8-2-5-11-32(26)37;38-28-17-19-34-31(23-28)30-21-24(25-16-20-36-32(22-25)29-13-7-8-14-35(29)39-36)15-18-33(30)37(34,26-9-3-1-4-10-26)27-11-5-2-6-12-27;1-36(26-16-13-22-7-2-3-8-23(22)19-26)30-17-14-24(21-29(30)35-31(36)10-6-11-32(35)37)25-15-18-34-28(20-25)27-9-4-5-12-33(27)38-34/h1-21H;1-23H;2-21H,1H3. The minimum Gasteiger partial charge on any atom is -0.456 e. The van der Waals surface area contributed by atoms with Crippen LogP contribution in [0.25, 0.3) is 151 Å². The van der Waals surface area contributed by atoms with E-state index in [4.69, 9.17) is 39.2 Å². The highest BCUT2D eigenvalue weighted by Gasteiger charge is 2.52. The number of thiophene rings is 2. The van der Waals surface area contributed by atoms with Crippen molar-refractivity contribution in [1.82, 2.24) is 0 Å². The van der Waals surface area contributed by atoms with E-state index in [1.54, 1.807) is 0 Å². The molecule has 1 unspecified atom stereocenters. The Bertz CT molecular complexity index is 7370. The summed E-state index contributed by atoms with van der Waals surface area (Å²) in [6, 6.07) is 141. The van der Waals surface area contributed by atoms with Crippen LogP contribution in [0.15, 0.2) is 393 Å². The predicted octanol–water partition coefficient (Wildman–Crippen LogP) is 31.9. The van der Waals surface area contributed by atoms with Crippen LogP contribution in [0.2, 0.25) is 15.1 Å². The minimum atomic E-state index is -0.413. The largest absolute Gasteiger partial charge is 0.456 e. The quantitative estimate of drug-likeness (QED) is 0.162. The fourth-order valence-electron chi connectivity index (χ4n) is 20.2. The molecule has 1 atom stereocenters. The molecule has 4 aliphatic rings. The van der Waals surface area contributed by atoms with Gasteiger partial charge in [-0.05, 0) is 260 Å². The van der Waals surface area contributed by atoms with Crippen LogP contribution < -0.4 is 0 Å². The Kier molecular flexibility index (Phi) is 15.9. The van der Waals surface area contributed by atoms with Crippen molar-refractivity contribution in [2.75, 3.05) is 0 Å². The normalized spacial score (nSPS) is 14.6. The average Bonchev–Trinajstić information content (AvgIpc) is 1.52. The predicted molar refractivity (Wildman–Crippen MR) is 492 cm³/mol. The Hall–Kier alpha value is -12.7. The maximum atomic E-state index is 6.94. The number of benzene rings is 18. The lowest BCUT2D eigenvalue weighted by Crippen LogP contribution is -2.28. The molecule has 25 rings (SSSR count). The lowest BCUT2D eigenvalue weighted by molar-refractivity contribution is 0.669. The van der Waals surface area contributed by atoms with Gasteiger partial charge in [-0.25, -0.2) is 0 Å². The molecule has 3 heterocycles. The highest BCUT2D eigenvalue weighted by Crippen LogP contribution is 2.64. The van der Waals surface area contributed by atoms with Gasteiger partial charge in [0.1, 0.15) is 11.2 Å². The Morgan fingerprint density at radius 3 is 1.22 bits per heavy atom. The molecule has 4 aliphatic carbocycles. The first-order valence-electron chi connectivity index (χ1n) is 39.5. The van der Waals surface area contributed by atoms with Crippen LogP contribution >= 0.6 is 57.5 Å². The molecule has 0 saturated carbocycles. The van der Waals surface area contributed by atoms with Crippen LogP contribution in [0, 0.1) is 0 Å². The van der Waals surface area contributed by atoms with E-state index < -0.39 is 5.41 Å². The van der Waals surface area contributed by atoms with Gasteiger partial charge in [-0.3, -0.25) is 0 Å². The van der Waals surface area contributed by atoms with E-state index in [1.807, 2.05) is 53.0 Å². The van der Waals surface area contributed by atoms with E-state index in [2.05, 4.69) is 365 Å². The molecular formula is C110H67Cl3OS2. The van der Waals surface area contributed by atoms with E-state index in [1.165, 1.54) is 185 Å². The van der Waals surface area contributed by atoms with Gasteiger partial charge in [0.2, 0.25) is 0 Å². The second-order valence-electron chi connectivity index (χ2n) is 31.3. The lowest BCUT2D eigenvalue weighted by atomic mass is 9.67. The Balaban J connectivity index is 0.000000103. The summed E-state index contributed by atoms with van der Waals surface area (Å²) in [5, 5.41) is 12.4. The molecule has 0 amide bonds. The molecule has 21 aromatic rings. The third-order valence-corrected chi connectivity index (χ3v) is 28.5. The number of rotatable bonds is 6. The van der Waals surface area contributed by atoms with Gasteiger partial charge in [-0.15, -0.1) is 22.7 Å². The molecule has 0 N–H and O–H groups in total. The van der Waals surface area contributed by atoms with Crippen LogP contribution in [0.5, 0.6) is 0 Å². The third kappa shape index (κ3) is 10.3.